The highest BCUT2D eigenvalue weighted by Gasteiger charge is 2.09. The molecule has 0 saturated carbocycles. The summed E-state index contributed by atoms with van der Waals surface area (Å²) in [5.41, 5.74) is 2.55. The van der Waals surface area contributed by atoms with Gasteiger partial charge in [-0.1, -0.05) is 30.3 Å². The summed E-state index contributed by atoms with van der Waals surface area (Å²) in [6.45, 7) is 4.42. The number of nitrogens with one attached hydrogen (secondary N) is 1. The number of carbonyl (C=O) groups is 1. The number of aromatic nitrogens is 2. The molecule has 0 atom stereocenters. The van der Waals surface area contributed by atoms with E-state index < -0.39 is 0 Å². The van der Waals surface area contributed by atoms with E-state index in [9.17, 15) is 4.79 Å². The van der Waals surface area contributed by atoms with E-state index in [1.807, 2.05) is 71.6 Å². The minimum absolute atomic E-state index is 0.114. The fourth-order valence-electron chi connectivity index (χ4n) is 2.38. The Hall–Kier alpha value is -2.79. The number of hydrogen-bond acceptors (Lipinski definition) is 3. The lowest BCUT2D eigenvalue weighted by atomic mass is 10.1. The van der Waals surface area contributed by atoms with Crippen LogP contribution in [0.4, 0.5) is 5.69 Å². The summed E-state index contributed by atoms with van der Waals surface area (Å²) < 4.78 is 1.85. The molecule has 5 heteroatoms. The van der Waals surface area contributed by atoms with Crippen LogP contribution in [0.1, 0.15) is 15.9 Å². The smallest absolute Gasteiger partial charge is 0.255 e. The van der Waals surface area contributed by atoms with Gasteiger partial charge in [-0.15, -0.1) is 18.3 Å². The number of carbonyl (C=O) groups excluding carboxylic acids is 1. The third-order valence-electron chi connectivity index (χ3n) is 3.61. The average molecular weight is 349 g/mol. The zero-order chi connectivity index (χ0) is 17.5. The number of nitrogens with zero attached hydrogens (tertiary/aromatic N) is 2. The topological polar surface area (TPSA) is 46.9 Å². The molecule has 0 saturated heterocycles. The zero-order valence-electron chi connectivity index (χ0n) is 13.8. The lowest BCUT2D eigenvalue weighted by molar-refractivity contribution is 0.102. The van der Waals surface area contributed by atoms with Crippen molar-refractivity contribution < 1.29 is 4.79 Å². The third kappa shape index (κ3) is 4.61. The van der Waals surface area contributed by atoms with Crippen LogP contribution >= 0.6 is 11.8 Å². The number of anilines is 1. The second kappa shape index (κ2) is 8.35. The van der Waals surface area contributed by atoms with Crippen molar-refractivity contribution >= 4 is 23.4 Å². The van der Waals surface area contributed by atoms with Crippen LogP contribution in [0, 0.1) is 0 Å². The molecule has 1 aromatic heterocycles. The van der Waals surface area contributed by atoms with Gasteiger partial charge in [-0.25, -0.2) is 0 Å². The number of amides is 1. The van der Waals surface area contributed by atoms with Crippen molar-refractivity contribution in [3.8, 4) is 0 Å². The summed E-state index contributed by atoms with van der Waals surface area (Å²) >= 11 is 1.65. The summed E-state index contributed by atoms with van der Waals surface area (Å²) in [5.74, 6) is 0.687. The molecule has 3 rings (SSSR count). The molecule has 0 bridgehead atoms. The number of rotatable bonds is 7. The van der Waals surface area contributed by atoms with Gasteiger partial charge in [0, 0.05) is 28.6 Å². The second-order valence-electron chi connectivity index (χ2n) is 5.45. The molecular weight excluding hydrogens is 330 g/mol. The molecule has 0 radical (unpaired) electrons. The Morgan fingerprint density at radius 2 is 1.96 bits per heavy atom. The molecule has 0 fully saturated rings. The Morgan fingerprint density at radius 3 is 2.68 bits per heavy atom. The molecule has 0 spiro atoms. The van der Waals surface area contributed by atoms with Gasteiger partial charge in [-0.2, -0.15) is 5.10 Å². The quantitative estimate of drug-likeness (QED) is 0.506. The van der Waals surface area contributed by atoms with Gasteiger partial charge < -0.3 is 5.32 Å². The fraction of sp³-hybridized carbons (Fsp3) is 0.100. The molecule has 1 amide bonds. The molecule has 0 aliphatic rings. The van der Waals surface area contributed by atoms with Crippen LogP contribution in [0.5, 0.6) is 0 Å². The minimum atomic E-state index is -0.114. The van der Waals surface area contributed by atoms with Gasteiger partial charge in [0.1, 0.15) is 0 Å². The largest absolute Gasteiger partial charge is 0.321 e. The van der Waals surface area contributed by atoms with E-state index in [2.05, 4.69) is 17.0 Å². The number of hydrogen-bond donors (Lipinski definition) is 1. The third-order valence-corrected chi connectivity index (χ3v) is 4.68. The molecule has 2 aromatic carbocycles. The van der Waals surface area contributed by atoms with Crippen molar-refractivity contribution in [1.29, 1.82) is 0 Å². The zero-order valence-corrected chi connectivity index (χ0v) is 14.6. The highest BCUT2D eigenvalue weighted by atomic mass is 32.2. The first-order chi connectivity index (χ1) is 12.3. The summed E-state index contributed by atoms with van der Waals surface area (Å²) in [6.07, 6.45) is 5.52. The van der Waals surface area contributed by atoms with Crippen LogP contribution in [-0.4, -0.2) is 21.4 Å². The molecule has 1 N–H and O–H groups in total. The maximum absolute atomic E-state index is 12.5. The molecule has 0 aliphatic carbocycles. The SMILES string of the molecule is C=CCSc1ccccc1NC(=O)c1ccc(Cn2cccn2)cc1. The maximum atomic E-state index is 12.5. The lowest BCUT2D eigenvalue weighted by Crippen LogP contribution is -2.12. The Kier molecular flexibility index (Phi) is 5.69. The van der Waals surface area contributed by atoms with Crippen molar-refractivity contribution in [3.63, 3.8) is 0 Å². The average Bonchev–Trinajstić information content (AvgIpc) is 3.14. The Balaban J connectivity index is 1.68. The Morgan fingerprint density at radius 1 is 1.16 bits per heavy atom. The molecule has 4 nitrogen and oxygen atoms in total. The standard InChI is InChI=1S/C20H19N3OS/c1-2-14-25-19-7-4-3-6-18(19)22-20(24)17-10-8-16(9-11-17)15-23-13-5-12-21-23/h2-13H,1,14-15H2,(H,22,24). The van der Waals surface area contributed by atoms with E-state index in [0.29, 0.717) is 12.1 Å². The van der Waals surface area contributed by atoms with Gasteiger partial charge in [-0.05, 0) is 35.9 Å². The number of thioether (sulfide) groups is 1. The molecule has 25 heavy (non-hydrogen) atoms. The second-order valence-corrected chi connectivity index (χ2v) is 6.51. The van der Waals surface area contributed by atoms with E-state index in [1.165, 1.54) is 0 Å². The van der Waals surface area contributed by atoms with Gasteiger partial charge >= 0.3 is 0 Å². The van der Waals surface area contributed by atoms with Crippen LogP contribution in [0.15, 0.2) is 84.5 Å². The van der Waals surface area contributed by atoms with Gasteiger partial charge in [0.15, 0.2) is 0 Å². The molecular formula is C20H19N3OS. The van der Waals surface area contributed by atoms with E-state index in [0.717, 1.165) is 21.9 Å². The van der Waals surface area contributed by atoms with Crippen molar-refractivity contribution in [1.82, 2.24) is 9.78 Å². The minimum Gasteiger partial charge on any atom is -0.321 e. The van der Waals surface area contributed by atoms with Crippen LogP contribution < -0.4 is 5.32 Å². The Labute approximate surface area is 151 Å². The monoisotopic (exact) mass is 349 g/mol. The predicted octanol–water partition coefficient (Wildman–Crippen LogP) is 4.46. The van der Waals surface area contributed by atoms with Crippen molar-refractivity contribution in [2.45, 2.75) is 11.4 Å². The molecule has 0 aliphatic heterocycles. The Bertz CT molecular complexity index is 842. The summed E-state index contributed by atoms with van der Waals surface area (Å²) in [7, 11) is 0. The molecule has 1 heterocycles. The summed E-state index contributed by atoms with van der Waals surface area (Å²) in [5, 5.41) is 7.18. The highest BCUT2D eigenvalue weighted by molar-refractivity contribution is 7.99. The van der Waals surface area contributed by atoms with Crippen LogP contribution in [-0.2, 0) is 6.54 Å². The highest BCUT2D eigenvalue weighted by Crippen LogP contribution is 2.27. The van der Waals surface area contributed by atoms with E-state index in [1.54, 1.807) is 18.0 Å². The first-order valence-electron chi connectivity index (χ1n) is 7.96. The normalized spacial score (nSPS) is 10.4. The van der Waals surface area contributed by atoms with Crippen molar-refractivity contribution in [2.24, 2.45) is 0 Å². The van der Waals surface area contributed by atoms with Crippen LogP contribution in [0.3, 0.4) is 0 Å². The molecule has 3 aromatic rings. The molecule has 0 unspecified atom stereocenters. The number of para-hydroxylation sites is 1. The van der Waals surface area contributed by atoms with Crippen LogP contribution in [0.2, 0.25) is 0 Å². The van der Waals surface area contributed by atoms with E-state index >= 15 is 0 Å². The first-order valence-corrected chi connectivity index (χ1v) is 8.95. The van der Waals surface area contributed by atoms with E-state index in [4.69, 9.17) is 0 Å². The predicted molar refractivity (Wildman–Crippen MR) is 103 cm³/mol. The number of benzene rings is 2. The van der Waals surface area contributed by atoms with Gasteiger partial charge in [-0.3, -0.25) is 9.48 Å². The fourth-order valence-corrected chi connectivity index (χ4v) is 3.13. The molecule has 126 valence electrons. The van der Waals surface area contributed by atoms with Crippen molar-refractivity contribution in [3.05, 3.63) is 90.8 Å². The van der Waals surface area contributed by atoms with Gasteiger partial charge in [0.05, 0.1) is 12.2 Å². The van der Waals surface area contributed by atoms with Crippen LogP contribution in [0.25, 0.3) is 0 Å². The van der Waals surface area contributed by atoms with Crippen molar-refractivity contribution in [2.75, 3.05) is 11.1 Å². The van der Waals surface area contributed by atoms with Gasteiger partial charge in [0.25, 0.3) is 5.91 Å². The summed E-state index contributed by atoms with van der Waals surface area (Å²) in [4.78, 5) is 13.5. The van der Waals surface area contributed by atoms with E-state index in [-0.39, 0.29) is 5.91 Å². The summed E-state index contributed by atoms with van der Waals surface area (Å²) in [6, 6.07) is 17.3. The first kappa shape index (κ1) is 17.0. The van der Waals surface area contributed by atoms with Gasteiger partial charge in [0.2, 0.25) is 0 Å². The maximum Gasteiger partial charge on any atom is 0.255 e. The lowest BCUT2D eigenvalue weighted by Gasteiger charge is -2.10.